The lowest BCUT2D eigenvalue weighted by molar-refractivity contribution is 0.768. The normalized spacial score (nSPS) is 10.9. The summed E-state index contributed by atoms with van der Waals surface area (Å²) >= 11 is 0. The molecule has 0 aliphatic rings. The third-order valence-corrected chi connectivity index (χ3v) is 2.36. The molecule has 0 fully saturated rings. The molecule has 0 saturated carbocycles. The fourth-order valence-corrected chi connectivity index (χ4v) is 1.42. The van der Waals surface area contributed by atoms with Gasteiger partial charge >= 0.3 is 0 Å². The first kappa shape index (κ1) is 9.77. The fraction of sp³-hybridized carbons (Fsp3) is 0.250. The van der Waals surface area contributed by atoms with Gasteiger partial charge in [0.1, 0.15) is 0 Å². The summed E-state index contributed by atoms with van der Waals surface area (Å²) in [5.41, 5.74) is 8.54. The zero-order chi connectivity index (χ0) is 10.8. The maximum atomic E-state index is 5.63. The van der Waals surface area contributed by atoms with Gasteiger partial charge < -0.3 is 5.73 Å². The van der Waals surface area contributed by atoms with E-state index in [1.165, 1.54) is 0 Å². The quantitative estimate of drug-likeness (QED) is 0.759. The lowest BCUT2D eigenvalue weighted by Crippen LogP contribution is -1.97. The van der Waals surface area contributed by atoms with Crippen molar-refractivity contribution in [3.05, 3.63) is 42.2 Å². The lowest BCUT2D eigenvalue weighted by Gasteiger charge is -2.02. The Morgan fingerprint density at radius 2 is 1.80 bits per heavy atom. The first-order valence-corrected chi connectivity index (χ1v) is 5.08. The second-order valence-corrected chi connectivity index (χ2v) is 3.93. The average Bonchev–Trinajstić information content (AvgIpc) is 2.68. The molecule has 0 spiro atoms. The van der Waals surface area contributed by atoms with E-state index in [4.69, 9.17) is 5.73 Å². The van der Waals surface area contributed by atoms with Crippen LogP contribution in [-0.2, 0) is 0 Å². The Kier molecular flexibility index (Phi) is 2.46. The fourth-order valence-electron chi connectivity index (χ4n) is 1.42. The average molecular weight is 201 g/mol. The summed E-state index contributed by atoms with van der Waals surface area (Å²) in [6.45, 7) is 4.27. The van der Waals surface area contributed by atoms with Gasteiger partial charge in [-0.1, -0.05) is 13.8 Å². The van der Waals surface area contributed by atoms with Gasteiger partial charge in [-0.2, -0.15) is 5.10 Å². The number of nitrogens with two attached hydrogens (primary N) is 1. The van der Waals surface area contributed by atoms with Crippen LogP contribution in [0.2, 0.25) is 0 Å². The summed E-state index contributed by atoms with van der Waals surface area (Å²) in [7, 11) is 0. The molecule has 3 nitrogen and oxygen atoms in total. The molecule has 0 bridgehead atoms. The maximum absolute atomic E-state index is 5.63. The van der Waals surface area contributed by atoms with Gasteiger partial charge in [-0.25, -0.2) is 4.68 Å². The van der Waals surface area contributed by atoms with Crippen LogP contribution in [-0.4, -0.2) is 9.78 Å². The van der Waals surface area contributed by atoms with E-state index in [2.05, 4.69) is 18.9 Å². The van der Waals surface area contributed by atoms with E-state index in [9.17, 15) is 0 Å². The molecular weight excluding hydrogens is 186 g/mol. The highest BCUT2D eigenvalue weighted by Crippen LogP contribution is 2.14. The number of hydrogen-bond acceptors (Lipinski definition) is 2. The van der Waals surface area contributed by atoms with Crippen molar-refractivity contribution in [3.8, 4) is 5.69 Å². The minimum atomic E-state index is 0.458. The topological polar surface area (TPSA) is 43.8 Å². The van der Waals surface area contributed by atoms with Crippen LogP contribution in [0.15, 0.2) is 36.5 Å². The smallest absolute Gasteiger partial charge is 0.0654 e. The molecule has 2 N–H and O–H groups in total. The molecule has 0 saturated heterocycles. The van der Waals surface area contributed by atoms with Gasteiger partial charge in [0.25, 0.3) is 0 Å². The van der Waals surface area contributed by atoms with E-state index < -0.39 is 0 Å². The molecule has 15 heavy (non-hydrogen) atoms. The first-order valence-electron chi connectivity index (χ1n) is 5.08. The van der Waals surface area contributed by atoms with E-state index >= 15 is 0 Å². The van der Waals surface area contributed by atoms with E-state index in [1.807, 2.05) is 41.2 Å². The highest BCUT2D eigenvalue weighted by atomic mass is 15.3. The maximum Gasteiger partial charge on any atom is 0.0654 e. The standard InChI is InChI=1S/C12H15N3/c1-9(2)12-7-8-15(14-12)11-5-3-10(13)4-6-11/h3-9H,13H2,1-2H3. The number of rotatable bonds is 2. The SMILES string of the molecule is CC(C)c1ccn(-c2ccc(N)cc2)n1. The van der Waals surface area contributed by atoms with Crippen molar-refractivity contribution in [2.24, 2.45) is 0 Å². The van der Waals surface area contributed by atoms with E-state index in [-0.39, 0.29) is 0 Å². The Morgan fingerprint density at radius 3 is 2.33 bits per heavy atom. The number of nitrogens with zero attached hydrogens (tertiary/aromatic N) is 2. The highest BCUT2D eigenvalue weighted by Gasteiger charge is 2.04. The molecule has 1 aromatic carbocycles. The molecule has 2 rings (SSSR count). The predicted molar refractivity (Wildman–Crippen MR) is 62.1 cm³/mol. The largest absolute Gasteiger partial charge is 0.399 e. The molecule has 0 unspecified atom stereocenters. The molecular formula is C12H15N3. The summed E-state index contributed by atoms with van der Waals surface area (Å²) < 4.78 is 1.87. The number of anilines is 1. The molecule has 0 radical (unpaired) electrons. The second kappa shape index (κ2) is 3.77. The van der Waals surface area contributed by atoms with Crippen molar-refractivity contribution in [1.29, 1.82) is 0 Å². The molecule has 0 atom stereocenters. The Hall–Kier alpha value is -1.77. The van der Waals surface area contributed by atoms with Gasteiger partial charge in [-0.05, 0) is 36.2 Å². The van der Waals surface area contributed by atoms with Crippen LogP contribution >= 0.6 is 0 Å². The second-order valence-electron chi connectivity index (χ2n) is 3.93. The van der Waals surface area contributed by atoms with Gasteiger partial charge in [0.2, 0.25) is 0 Å². The van der Waals surface area contributed by atoms with Crippen LogP contribution in [0.3, 0.4) is 0 Å². The third kappa shape index (κ3) is 2.01. The Labute approximate surface area is 89.5 Å². The number of nitrogen functional groups attached to an aromatic ring is 1. The van der Waals surface area contributed by atoms with Crippen LogP contribution in [0.25, 0.3) is 5.69 Å². The first-order chi connectivity index (χ1) is 7.16. The minimum Gasteiger partial charge on any atom is -0.399 e. The van der Waals surface area contributed by atoms with Crippen LogP contribution in [0.1, 0.15) is 25.5 Å². The predicted octanol–water partition coefficient (Wildman–Crippen LogP) is 2.58. The van der Waals surface area contributed by atoms with Crippen molar-refractivity contribution in [2.45, 2.75) is 19.8 Å². The molecule has 3 heteroatoms. The van der Waals surface area contributed by atoms with Crippen molar-refractivity contribution in [3.63, 3.8) is 0 Å². The van der Waals surface area contributed by atoms with Crippen LogP contribution in [0.4, 0.5) is 5.69 Å². The highest BCUT2D eigenvalue weighted by molar-refractivity contribution is 5.44. The molecule has 1 aromatic heterocycles. The zero-order valence-electron chi connectivity index (χ0n) is 9.01. The van der Waals surface area contributed by atoms with Crippen molar-refractivity contribution in [1.82, 2.24) is 9.78 Å². The summed E-state index contributed by atoms with van der Waals surface area (Å²) in [5, 5.41) is 4.49. The Balaban J connectivity index is 2.33. The zero-order valence-corrected chi connectivity index (χ0v) is 9.01. The van der Waals surface area contributed by atoms with Crippen LogP contribution in [0.5, 0.6) is 0 Å². The van der Waals surface area contributed by atoms with E-state index in [0.717, 1.165) is 17.1 Å². The molecule has 0 aliphatic heterocycles. The number of benzene rings is 1. The molecule has 78 valence electrons. The van der Waals surface area contributed by atoms with Gasteiger partial charge in [0, 0.05) is 11.9 Å². The third-order valence-electron chi connectivity index (χ3n) is 2.36. The van der Waals surface area contributed by atoms with Gasteiger partial charge in [-0.3, -0.25) is 0 Å². The van der Waals surface area contributed by atoms with Crippen LogP contribution in [0, 0.1) is 0 Å². The lowest BCUT2D eigenvalue weighted by atomic mass is 10.1. The summed E-state index contributed by atoms with van der Waals surface area (Å²) in [6.07, 6.45) is 1.97. The van der Waals surface area contributed by atoms with Gasteiger partial charge in [0.05, 0.1) is 11.4 Å². The number of hydrogen-bond donors (Lipinski definition) is 1. The monoisotopic (exact) mass is 201 g/mol. The van der Waals surface area contributed by atoms with Crippen molar-refractivity contribution in [2.75, 3.05) is 5.73 Å². The van der Waals surface area contributed by atoms with Gasteiger partial charge in [0.15, 0.2) is 0 Å². The summed E-state index contributed by atoms with van der Waals surface area (Å²) in [6, 6.07) is 9.73. The minimum absolute atomic E-state index is 0.458. The van der Waals surface area contributed by atoms with Crippen LogP contribution < -0.4 is 5.73 Å². The van der Waals surface area contributed by atoms with E-state index in [1.54, 1.807) is 0 Å². The van der Waals surface area contributed by atoms with Crippen molar-refractivity contribution >= 4 is 5.69 Å². The molecule has 1 heterocycles. The summed E-state index contributed by atoms with van der Waals surface area (Å²) in [5.74, 6) is 0.458. The number of aromatic nitrogens is 2. The molecule has 0 aliphatic carbocycles. The molecule has 0 amide bonds. The molecule has 2 aromatic rings. The van der Waals surface area contributed by atoms with Gasteiger partial charge in [-0.15, -0.1) is 0 Å². The van der Waals surface area contributed by atoms with Crippen molar-refractivity contribution < 1.29 is 0 Å². The summed E-state index contributed by atoms with van der Waals surface area (Å²) in [4.78, 5) is 0. The Bertz CT molecular complexity index is 440. The Morgan fingerprint density at radius 1 is 1.13 bits per heavy atom. The van der Waals surface area contributed by atoms with E-state index in [0.29, 0.717) is 5.92 Å².